The van der Waals surface area contributed by atoms with Gasteiger partial charge in [-0.15, -0.1) is 0 Å². The third-order valence-corrected chi connectivity index (χ3v) is 3.68. The van der Waals surface area contributed by atoms with Gasteiger partial charge >= 0.3 is 5.97 Å². The molecule has 0 aliphatic heterocycles. The Hall–Kier alpha value is -1.43. The molecule has 1 rings (SSSR count). The third kappa shape index (κ3) is 4.02. The molecule has 5 nitrogen and oxygen atoms in total. The standard InChI is InChI=1S/C13H19NO4S/c1-4-13(2,12(16)17)8-14-11(15)10-6-5-9(18-10)7-19-3/h5-6H,4,7-8H2,1-3H3,(H,14,15)(H,16,17). The number of hydrogen-bond acceptors (Lipinski definition) is 4. The van der Waals surface area contributed by atoms with Crippen molar-refractivity contribution >= 4 is 23.6 Å². The van der Waals surface area contributed by atoms with Gasteiger partial charge in [0.25, 0.3) is 5.91 Å². The molecule has 0 aliphatic carbocycles. The van der Waals surface area contributed by atoms with Gasteiger partial charge in [0.1, 0.15) is 5.76 Å². The molecule has 1 amide bonds. The number of amides is 1. The second-order valence-electron chi connectivity index (χ2n) is 4.60. The summed E-state index contributed by atoms with van der Waals surface area (Å²) in [6.07, 6.45) is 2.39. The molecular weight excluding hydrogens is 266 g/mol. The number of aliphatic carboxylic acids is 1. The number of carbonyl (C=O) groups is 2. The number of carbonyl (C=O) groups excluding carboxylic acids is 1. The van der Waals surface area contributed by atoms with Gasteiger partial charge in [0.2, 0.25) is 0 Å². The Bertz CT molecular complexity index is 457. The van der Waals surface area contributed by atoms with E-state index in [4.69, 9.17) is 9.52 Å². The first kappa shape index (κ1) is 15.6. The van der Waals surface area contributed by atoms with Crippen molar-refractivity contribution in [2.24, 2.45) is 5.41 Å². The molecule has 0 aliphatic rings. The predicted molar refractivity (Wildman–Crippen MR) is 74.3 cm³/mol. The van der Waals surface area contributed by atoms with Crippen molar-refractivity contribution in [2.45, 2.75) is 26.0 Å². The molecule has 1 aromatic heterocycles. The molecular formula is C13H19NO4S. The van der Waals surface area contributed by atoms with Gasteiger partial charge in [0.15, 0.2) is 5.76 Å². The molecule has 0 saturated heterocycles. The number of thioether (sulfide) groups is 1. The van der Waals surface area contributed by atoms with Crippen molar-refractivity contribution < 1.29 is 19.1 Å². The van der Waals surface area contributed by atoms with Crippen LogP contribution in [0.3, 0.4) is 0 Å². The molecule has 0 saturated carbocycles. The maximum atomic E-state index is 11.8. The van der Waals surface area contributed by atoms with E-state index in [1.165, 1.54) is 0 Å². The maximum Gasteiger partial charge on any atom is 0.311 e. The Balaban J connectivity index is 2.61. The number of nitrogens with one attached hydrogen (secondary N) is 1. The second-order valence-corrected chi connectivity index (χ2v) is 5.47. The van der Waals surface area contributed by atoms with E-state index in [-0.39, 0.29) is 18.2 Å². The molecule has 0 fully saturated rings. The van der Waals surface area contributed by atoms with E-state index in [1.807, 2.05) is 6.26 Å². The number of furan rings is 1. The molecule has 106 valence electrons. The summed E-state index contributed by atoms with van der Waals surface area (Å²) in [4.78, 5) is 23.0. The lowest BCUT2D eigenvalue weighted by molar-refractivity contribution is -0.147. The van der Waals surface area contributed by atoms with Gasteiger partial charge in [-0.05, 0) is 31.7 Å². The van der Waals surface area contributed by atoms with Crippen molar-refractivity contribution in [3.05, 3.63) is 23.7 Å². The number of hydrogen-bond donors (Lipinski definition) is 2. The highest BCUT2D eigenvalue weighted by Crippen LogP contribution is 2.20. The van der Waals surface area contributed by atoms with Crippen molar-refractivity contribution in [1.82, 2.24) is 5.32 Å². The largest absolute Gasteiger partial charge is 0.481 e. The van der Waals surface area contributed by atoms with Crippen LogP contribution in [0.4, 0.5) is 0 Å². The zero-order valence-corrected chi connectivity index (χ0v) is 12.2. The molecule has 19 heavy (non-hydrogen) atoms. The minimum atomic E-state index is -0.954. The van der Waals surface area contributed by atoms with Crippen LogP contribution in [-0.4, -0.2) is 29.8 Å². The molecule has 2 N–H and O–H groups in total. The van der Waals surface area contributed by atoms with E-state index >= 15 is 0 Å². The molecule has 1 aromatic rings. The van der Waals surface area contributed by atoms with Crippen LogP contribution < -0.4 is 5.32 Å². The van der Waals surface area contributed by atoms with Gasteiger partial charge in [-0.1, -0.05) is 6.92 Å². The molecule has 0 aromatic carbocycles. The quantitative estimate of drug-likeness (QED) is 0.804. The Morgan fingerprint density at radius 1 is 1.47 bits per heavy atom. The lowest BCUT2D eigenvalue weighted by Gasteiger charge is -2.22. The van der Waals surface area contributed by atoms with E-state index in [0.717, 1.165) is 5.76 Å². The van der Waals surface area contributed by atoms with Gasteiger partial charge in [-0.2, -0.15) is 11.8 Å². The minimum absolute atomic E-state index is 0.0796. The van der Waals surface area contributed by atoms with Gasteiger partial charge < -0.3 is 14.8 Å². The maximum absolute atomic E-state index is 11.8. The first-order valence-corrected chi connectivity index (χ1v) is 7.41. The Labute approximate surface area is 116 Å². The fraction of sp³-hybridized carbons (Fsp3) is 0.538. The van der Waals surface area contributed by atoms with E-state index in [0.29, 0.717) is 12.2 Å². The van der Waals surface area contributed by atoms with Gasteiger partial charge in [-0.25, -0.2) is 0 Å². The lowest BCUT2D eigenvalue weighted by Crippen LogP contribution is -2.40. The normalized spacial score (nSPS) is 13.8. The first-order chi connectivity index (χ1) is 8.92. The first-order valence-electron chi connectivity index (χ1n) is 6.02. The van der Waals surface area contributed by atoms with Crippen molar-refractivity contribution in [3.8, 4) is 0 Å². The van der Waals surface area contributed by atoms with Crippen molar-refractivity contribution in [3.63, 3.8) is 0 Å². The van der Waals surface area contributed by atoms with E-state index in [9.17, 15) is 9.59 Å². The smallest absolute Gasteiger partial charge is 0.311 e. The van der Waals surface area contributed by atoms with Gasteiger partial charge in [0, 0.05) is 6.54 Å². The molecule has 0 radical (unpaired) electrons. The summed E-state index contributed by atoms with van der Waals surface area (Å²) in [6, 6.07) is 3.35. The summed E-state index contributed by atoms with van der Waals surface area (Å²) < 4.78 is 5.36. The highest BCUT2D eigenvalue weighted by Gasteiger charge is 2.31. The molecule has 1 atom stereocenters. The second kappa shape index (κ2) is 6.65. The van der Waals surface area contributed by atoms with E-state index in [1.54, 1.807) is 37.7 Å². The van der Waals surface area contributed by atoms with Crippen LogP contribution in [0, 0.1) is 5.41 Å². The molecule has 0 spiro atoms. The number of carboxylic acids is 1. The summed E-state index contributed by atoms with van der Waals surface area (Å²) in [6.45, 7) is 3.47. The average Bonchev–Trinajstić information content (AvgIpc) is 2.84. The van der Waals surface area contributed by atoms with Gasteiger partial charge in [-0.3, -0.25) is 9.59 Å². The Kier molecular flexibility index (Phi) is 5.47. The number of carboxylic acid groups (broad SMARTS) is 1. The van der Waals surface area contributed by atoms with Crippen molar-refractivity contribution in [2.75, 3.05) is 12.8 Å². The third-order valence-electron chi connectivity index (χ3n) is 3.11. The summed E-state index contributed by atoms with van der Waals surface area (Å²) in [7, 11) is 0. The van der Waals surface area contributed by atoms with Crippen LogP contribution >= 0.6 is 11.8 Å². The zero-order valence-electron chi connectivity index (χ0n) is 11.4. The lowest BCUT2D eigenvalue weighted by atomic mass is 9.88. The van der Waals surface area contributed by atoms with Crippen LogP contribution in [0.5, 0.6) is 0 Å². The highest BCUT2D eigenvalue weighted by atomic mass is 32.2. The van der Waals surface area contributed by atoms with E-state index in [2.05, 4.69) is 5.32 Å². The predicted octanol–water partition coefficient (Wildman–Crippen LogP) is 2.37. The van der Waals surface area contributed by atoms with Crippen molar-refractivity contribution in [1.29, 1.82) is 0 Å². The molecule has 1 heterocycles. The van der Waals surface area contributed by atoms with Crippen LogP contribution in [0.1, 0.15) is 36.6 Å². The summed E-state index contributed by atoms with van der Waals surface area (Å²) in [5.41, 5.74) is -0.954. The Morgan fingerprint density at radius 3 is 2.68 bits per heavy atom. The molecule has 0 bridgehead atoms. The Morgan fingerprint density at radius 2 is 2.16 bits per heavy atom. The topological polar surface area (TPSA) is 79.5 Å². The zero-order chi connectivity index (χ0) is 14.5. The minimum Gasteiger partial charge on any atom is -0.481 e. The monoisotopic (exact) mass is 285 g/mol. The van der Waals surface area contributed by atoms with Crippen LogP contribution in [-0.2, 0) is 10.5 Å². The van der Waals surface area contributed by atoms with E-state index < -0.39 is 11.4 Å². The average molecular weight is 285 g/mol. The molecule has 1 unspecified atom stereocenters. The summed E-state index contributed by atoms with van der Waals surface area (Å²) in [5, 5.41) is 11.7. The summed E-state index contributed by atoms with van der Waals surface area (Å²) >= 11 is 1.60. The molecule has 6 heteroatoms. The van der Waals surface area contributed by atoms with Crippen LogP contribution in [0.25, 0.3) is 0 Å². The number of rotatable bonds is 7. The van der Waals surface area contributed by atoms with Crippen LogP contribution in [0.2, 0.25) is 0 Å². The van der Waals surface area contributed by atoms with Gasteiger partial charge in [0.05, 0.1) is 11.2 Å². The SMILES string of the molecule is CCC(C)(CNC(=O)c1ccc(CSC)o1)C(=O)O. The highest BCUT2D eigenvalue weighted by molar-refractivity contribution is 7.97. The summed E-state index contributed by atoms with van der Waals surface area (Å²) in [5.74, 6) is 0.350. The van der Waals surface area contributed by atoms with Crippen LogP contribution in [0.15, 0.2) is 16.5 Å². The fourth-order valence-electron chi connectivity index (χ4n) is 1.43. The fourth-order valence-corrected chi connectivity index (χ4v) is 1.87.